The van der Waals surface area contributed by atoms with Crippen molar-refractivity contribution >= 4 is 11.7 Å². The second-order valence-corrected chi connectivity index (χ2v) is 3.92. The van der Waals surface area contributed by atoms with Gasteiger partial charge in [-0.15, -0.1) is 0 Å². The van der Waals surface area contributed by atoms with Crippen LogP contribution >= 0.6 is 0 Å². The van der Waals surface area contributed by atoms with E-state index in [1.165, 1.54) is 19.1 Å². The maximum Gasteiger partial charge on any atom is 0.426 e. The zero-order valence-corrected chi connectivity index (χ0v) is 10.2. The van der Waals surface area contributed by atoms with Gasteiger partial charge in [-0.25, -0.2) is 0 Å². The molecule has 1 aromatic carbocycles. The molecule has 1 aromatic rings. The molecule has 0 aromatic heterocycles. The van der Waals surface area contributed by atoms with Crippen molar-refractivity contribution in [1.29, 1.82) is 0 Å². The highest BCUT2D eigenvalue weighted by Crippen LogP contribution is 2.34. The number of benzene rings is 1. The summed E-state index contributed by atoms with van der Waals surface area (Å²) in [7, 11) is 0. The summed E-state index contributed by atoms with van der Waals surface area (Å²) in [6, 6.07) is 3.61. The van der Waals surface area contributed by atoms with Crippen LogP contribution in [-0.2, 0) is 4.79 Å². The number of hydrogen-bond donors (Lipinski definition) is 1. The van der Waals surface area contributed by atoms with Gasteiger partial charge in [0, 0.05) is 5.56 Å². The minimum absolute atomic E-state index is 0.115. The minimum Gasteiger partial charge on any atom is -0.481 e. The zero-order valence-electron chi connectivity index (χ0n) is 10.2. The topological polar surface area (TPSA) is 89.7 Å². The lowest BCUT2D eigenvalue weighted by Gasteiger charge is -2.20. The molecule has 0 aliphatic heterocycles. The van der Waals surface area contributed by atoms with E-state index in [1.807, 2.05) is 0 Å². The number of ether oxygens (including phenoxy) is 1. The van der Waals surface area contributed by atoms with Gasteiger partial charge in [-0.3, -0.25) is 14.9 Å². The summed E-state index contributed by atoms with van der Waals surface area (Å²) in [5.41, 5.74) is -0.504. The number of nitro groups is 1. The van der Waals surface area contributed by atoms with Gasteiger partial charge in [0.25, 0.3) is 0 Å². The second kappa shape index (κ2) is 5.76. The molecule has 110 valence electrons. The molecule has 0 aliphatic carbocycles. The molecule has 0 saturated heterocycles. The number of nitro benzene ring substituents is 1. The highest BCUT2D eigenvalue weighted by molar-refractivity contribution is 5.67. The predicted molar refractivity (Wildman–Crippen MR) is 60.6 cm³/mol. The van der Waals surface area contributed by atoms with Crippen molar-refractivity contribution in [3.8, 4) is 5.75 Å². The third-order valence-electron chi connectivity index (χ3n) is 2.38. The molecular weight excluding hydrogens is 283 g/mol. The Balaban J connectivity index is 3.15. The molecule has 1 unspecified atom stereocenters. The van der Waals surface area contributed by atoms with E-state index < -0.39 is 41.0 Å². The molecule has 0 heterocycles. The molecule has 1 rings (SSSR count). The third-order valence-corrected chi connectivity index (χ3v) is 2.38. The van der Waals surface area contributed by atoms with Crippen LogP contribution in [0.4, 0.5) is 18.9 Å². The monoisotopic (exact) mass is 293 g/mol. The molecule has 0 fully saturated rings. The molecular formula is C11H10F3NO5. The first-order valence-corrected chi connectivity index (χ1v) is 5.32. The van der Waals surface area contributed by atoms with Crippen LogP contribution in [0.15, 0.2) is 18.2 Å². The van der Waals surface area contributed by atoms with Gasteiger partial charge < -0.3 is 9.84 Å². The van der Waals surface area contributed by atoms with Crippen LogP contribution in [-0.4, -0.2) is 28.3 Å². The average molecular weight is 293 g/mol. The summed E-state index contributed by atoms with van der Waals surface area (Å²) in [5, 5.41) is 19.3. The lowest BCUT2D eigenvalue weighted by molar-refractivity contribution is -0.387. The number of aliphatic carboxylic acids is 1. The fourth-order valence-corrected chi connectivity index (χ4v) is 1.50. The van der Waals surface area contributed by atoms with Gasteiger partial charge in [0.05, 0.1) is 11.3 Å². The van der Waals surface area contributed by atoms with Gasteiger partial charge in [-0.2, -0.15) is 13.2 Å². The lowest BCUT2D eigenvalue weighted by Crippen LogP contribution is -2.36. The van der Waals surface area contributed by atoms with Crippen LogP contribution in [0, 0.1) is 17.0 Å². The first-order chi connectivity index (χ1) is 9.12. The van der Waals surface area contributed by atoms with Crippen molar-refractivity contribution in [2.75, 3.05) is 0 Å². The molecule has 1 N–H and O–H groups in total. The average Bonchev–Trinajstić information content (AvgIpc) is 2.25. The van der Waals surface area contributed by atoms with Crippen LogP contribution in [0.25, 0.3) is 0 Å². The van der Waals surface area contributed by atoms with Crippen molar-refractivity contribution in [3.63, 3.8) is 0 Å². The molecule has 0 aliphatic rings. The number of carboxylic acids is 1. The molecule has 9 heteroatoms. The molecule has 20 heavy (non-hydrogen) atoms. The molecule has 0 saturated carbocycles. The van der Waals surface area contributed by atoms with E-state index in [1.54, 1.807) is 0 Å². The van der Waals surface area contributed by atoms with Crippen LogP contribution in [0.3, 0.4) is 0 Å². The van der Waals surface area contributed by atoms with Gasteiger partial charge in [-0.05, 0) is 13.0 Å². The smallest absolute Gasteiger partial charge is 0.426 e. The number of nitrogens with zero attached hydrogens (tertiary/aromatic N) is 1. The van der Waals surface area contributed by atoms with E-state index >= 15 is 0 Å². The Morgan fingerprint density at radius 3 is 2.55 bits per heavy atom. The number of alkyl halides is 3. The highest BCUT2D eigenvalue weighted by atomic mass is 19.4. The van der Waals surface area contributed by atoms with Crippen molar-refractivity contribution in [2.45, 2.75) is 25.6 Å². The molecule has 1 atom stereocenters. The maximum atomic E-state index is 12.6. The Morgan fingerprint density at radius 1 is 1.50 bits per heavy atom. The van der Waals surface area contributed by atoms with E-state index in [9.17, 15) is 28.1 Å². The Bertz CT molecular complexity index is 529. The number of rotatable bonds is 5. The molecule has 6 nitrogen and oxygen atoms in total. The third kappa shape index (κ3) is 3.84. The molecule has 0 bridgehead atoms. The normalized spacial score (nSPS) is 12.8. The number of carboxylic acid groups (broad SMARTS) is 1. The Kier molecular flexibility index (Phi) is 4.53. The largest absolute Gasteiger partial charge is 0.481 e. The van der Waals surface area contributed by atoms with E-state index in [0.717, 1.165) is 6.07 Å². The van der Waals surface area contributed by atoms with Crippen molar-refractivity contribution < 1.29 is 32.7 Å². The number of para-hydroxylation sites is 1. The minimum atomic E-state index is -4.95. The Labute approximate surface area is 110 Å². The summed E-state index contributed by atoms with van der Waals surface area (Å²) in [6.45, 7) is 1.34. The number of hydrogen-bond acceptors (Lipinski definition) is 4. The van der Waals surface area contributed by atoms with E-state index in [2.05, 4.69) is 4.74 Å². The SMILES string of the molecule is Cc1cccc(OC(CC(=O)O)C(F)(F)F)c1[N+](=O)[O-]. The summed E-state index contributed by atoms with van der Waals surface area (Å²) < 4.78 is 42.4. The van der Waals surface area contributed by atoms with Crippen LogP contribution < -0.4 is 4.74 Å². The first kappa shape index (κ1) is 15.7. The van der Waals surface area contributed by atoms with E-state index in [-0.39, 0.29) is 5.56 Å². The van der Waals surface area contributed by atoms with Gasteiger partial charge in [0.2, 0.25) is 6.10 Å². The molecule has 0 spiro atoms. The fraction of sp³-hybridized carbons (Fsp3) is 0.364. The van der Waals surface area contributed by atoms with Crippen molar-refractivity contribution in [3.05, 3.63) is 33.9 Å². The number of halogens is 3. The Hall–Kier alpha value is -2.32. The number of aryl methyl sites for hydroxylation is 1. The van der Waals surface area contributed by atoms with Gasteiger partial charge in [0.15, 0.2) is 5.75 Å². The maximum absolute atomic E-state index is 12.6. The van der Waals surface area contributed by atoms with Crippen LogP contribution in [0.1, 0.15) is 12.0 Å². The molecule has 0 amide bonds. The highest BCUT2D eigenvalue weighted by Gasteiger charge is 2.44. The van der Waals surface area contributed by atoms with Crippen molar-refractivity contribution in [2.24, 2.45) is 0 Å². The first-order valence-electron chi connectivity index (χ1n) is 5.32. The standard InChI is InChI=1S/C11H10F3NO5/c1-6-3-2-4-7(10(6)15(18)19)20-8(5-9(16)17)11(12,13)14/h2-4,8H,5H2,1H3,(H,16,17). The summed E-state index contributed by atoms with van der Waals surface area (Å²) in [4.78, 5) is 20.4. The van der Waals surface area contributed by atoms with E-state index in [0.29, 0.717) is 0 Å². The zero-order chi connectivity index (χ0) is 15.5. The van der Waals surface area contributed by atoms with Gasteiger partial charge >= 0.3 is 17.8 Å². The molecule has 0 radical (unpaired) electrons. The summed E-state index contributed by atoms with van der Waals surface area (Å²) >= 11 is 0. The van der Waals surface area contributed by atoms with Gasteiger partial charge in [-0.1, -0.05) is 12.1 Å². The van der Waals surface area contributed by atoms with Gasteiger partial charge in [0.1, 0.15) is 0 Å². The number of carbonyl (C=O) groups is 1. The fourth-order valence-electron chi connectivity index (χ4n) is 1.50. The summed E-state index contributed by atoms with van der Waals surface area (Å²) in [6.07, 6.45) is -8.94. The van der Waals surface area contributed by atoms with Crippen molar-refractivity contribution in [1.82, 2.24) is 0 Å². The Morgan fingerprint density at radius 2 is 2.10 bits per heavy atom. The lowest BCUT2D eigenvalue weighted by atomic mass is 10.2. The van der Waals surface area contributed by atoms with E-state index in [4.69, 9.17) is 5.11 Å². The predicted octanol–water partition coefficient (Wildman–Crippen LogP) is 2.69. The summed E-state index contributed by atoms with van der Waals surface area (Å²) in [5.74, 6) is -2.33. The second-order valence-electron chi connectivity index (χ2n) is 3.92. The van der Waals surface area contributed by atoms with Crippen LogP contribution in [0.2, 0.25) is 0 Å². The quantitative estimate of drug-likeness (QED) is 0.666. The van der Waals surface area contributed by atoms with Crippen LogP contribution in [0.5, 0.6) is 5.75 Å².